The summed E-state index contributed by atoms with van der Waals surface area (Å²) < 4.78 is 2.19. The Bertz CT molecular complexity index is 1220. The molecule has 0 aliphatic heterocycles. The predicted molar refractivity (Wildman–Crippen MR) is 101 cm³/mol. The maximum atomic E-state index is 4.26. The number of aryl methyl sites for hydroxylation is 1. The van der Waals surface area contributed by atoms with Gasteiger partial charge < -0.3 is 4.57 Å². The highest BCUT2D eigenvalue weighted by molar-refractivity contribution is 6.09. The second-order valence-electron chi connectivity index (χ2n) is 6.35. The van der Waals surface area contributed by atoms with Crippen LogP contribution in [0, 0.1) is 0 Å². The molecule has 0 bridgehead atoms. The number of tetrazole rings is 1. The first-order chi connectivity index (χ1) is 12.8. The maximum absolute atomic E-state index is 4.26. The molecule has 5 aromatic rings. The number of rotatable bonds is 3. The van der Waals surface area contributed by atoms with Gasteiger partial charge in [-0.3, -0.25) is 4.98 Å². The second-order valence-corrected chi connectivity index (χ2v) is 6.35. The maximum Gasteiger partial charge on any atom is 0.178 e. The van der Waals surface area contributed by atoms with Crippen molar-refractivity contribution in [3.05, 3.63) is 72.3 Å². The lowest BCUT2D eigenvalue weighted by molar-refractivity contribution is 0.881. The number of benzene rings is 2. The molecule has 0 atom stereocenters. The van der Waals surface area contributed by atoms with E-state index in [2.05, 4.69) is 79.7 Å². The third-order valence-electron chi connectivity index (χ3n) is 4.88. The van der Waals surface area contributed by atoms with E-state index >= 15 is 0 Å². The highest BCUT2D eigenvalue weighted by Gasteiger charge is 2.12. The van der Waals surface area contributed by atoms with E-state index in [1.54, 1.807) is 0 Å². The Morgan fingerprint density at radius 2 is 1.92 bits per heavy atom. The molecule has 0 aliphatic rings. The van der Waals surface area contributed by atoms with Crippen molar-refractivity contribution >= 4 is 21.8 Å². The summed E-state index contributed by atoms with van der Waals surface area (Å²) in [6.07, 6.45) is 4.40. The zero-order valence-electron chi connectivity index (χ0n) is 14.2. The van der Waals surface area contributed by atoms with E-state index in [-0.39, 0.29) is 0 Å². The highest BCUT2D eigenvalue weighted by Crippen LogP contribution is 2.33. The molecule has 0 unspecified atom stereocenters. The normalized spacial score (nSPS) is 11.4. The molecule has 5 rings (SSSR count). The van der Waals surface area contributed by atoms with Crippen LogP contribution in [0.1, 0.15) is 11.4 Å². The van der Waals surface area contributed by atoms with E-state index in [1.807, 2.05) is 18.5 Å². The molecular formula is C20H16N6. The van der Waals surface area contributed by atoms with Crippen LogP contribution in [0.2, 0.25) is 0 Å². The predicted octanol–water partition coefficient (Wildman–Crippen LogP) is 3.50. The van der Waals surface area contributed by atoms with Crippen LogP contribution < -0.4 is 0 Å². The van der Waals surface area contributed by atoms with Crippen LogP contribution in [0.3, 0.4) is 0 Å². The van der Waals surface area contributed by atoms with Crippen LogP contribution in [-0.4, -0.2) is 30.2 Å². The molecule has 126 valence electrons. The Morgan fingerprint density at radius 1 is 1.00 bits per heavy atom. The van der Waals surface area contributed by atoms with Crippen molar-refractivity contribution in [2.24, 2.45) is 7.05 Å². The molecule has 0 aliphatic carbocycles. The van der Waals surface area contributed by atoms with E-state index in [1.165, 1.54) is 33.0 Å². The van der Waals surface area contributed by atoms with Crippen LogP contribution in [-0.2, 0) is 13.5 Å². The van der Waals surface area contributed by atoms with Crippen molar-refractivity contribution in [2.45, 2.75) is 6.42 Å². The van der Waals surface area contributed by atoms with E-state index < -0.39 is 0 Å². The van der Waals surface area contributed by atoms with E-state index in [0.29, 0.717) is 12.2 Å². The van der Waals surface area contributed by atoms with Crippen molar-refractivity contribution in [2.75, 3.05) is 0 Å². The number of aromatic nitrogens is 6. The Kier molecular flexibility index (Phi) is 3.28. The molecule has 0 amide bonds. The average molecular weight is 340 g/mol. The minimum Gasteiger partial charge on any atom is -0.342 e. The summed E-state index contributed by atoms with van der Waals surface area (Å²) in [5, 5.41) is 16.8. The van der Waals surface area contributed by atoms with Gasteiger partial charge in [0, 0.05) is 36.0 Å². The number of hydrogen-bond donors (Lipinski definition) is 1. The molecule has 2 aromatic carbocycles. The lowest BCUT2D eigenvalue weighted by Gasteiger charge is -2.09. The third-order valence-corrected chi connectivity index (χ3v) is 4.88. The average Bonchev–Trinajstić information content (AvgIpc) is 3.29. The molecule has 3 aromatic heterocycles. The van der Waals surface area contributed by atoms with Crippen molar-refractivity contribution in [3.8, 4) is 11.1 Å². The monoisotopic (exact) mass is 340 g/mol. The molecule has 0 spiro atoms. The van der Waals surface area contributed by atoms with Gasteiger partial charge in [-0.05, 0) is 34.9 Å². The molecule has 1 N–H and O–H groups in total. The summed E-state index contributed by atoms with van der Waals surface area (Å²) in [5.41, 5.74) is 5.88. The fourth-order valence-electron chi connectivity index (χ4n) is 3.61. The van der Waals surface area contributed by atoms with Gasteiger partial charge in [0.25, 0.3) is 0 Å². The van der Waals surface area contributed by atoms with Gasteiger partial charge in [-0.15, -0.1) is 10.2 Å². The minimum absolute atomic E-state index is 0.643. The Labute approximate surface area is 149 Å². The fourth-order valence-corrected chi connectivity index (χ4v) is 3.61. The van der Waals surface area contributed by atoms with Crippen LogP contribution in [0.15, 0.2) is 60.9 Å². The lowest BCUT2D eigenvalue weighted by Crippen LogP contribution is -1.94. The first-order valence-corrected chi connectivity index (χ1v) is 8.44. The highest BCUT2D eigenvalue weighted by atomic mass is 15.5. The fraction of sp³-hybridized carbons (Fsp3) is 0.100. The number of fused-ring (bicyclic) bond motifs is 3. The number of aromatic amines is 1. The topological polar surface area (TPSA) is 72.3 Å². The van der Waals surface area contributed by atoms with Gasteiger partial charge in [0.1, 0.15) is 0 Å². The number of hydrogen-bond acceptors (Lipinski definition) is 4. The van der Waals surface area contributed by atoms with Crippen molar-refractivity contribution in [1.29, 1.82) is 0 Å². The number of pyridine rings is 1. The van der Waals surface area contributed by atoms with Gasteiger partial charge in [0.05, 0.1) is 11.7 Å². The molecule has 0 fully saturated rings. The van der Waals surface area contributed by atoms with Gasteiger partial charge in [-0.1, -0.05) is 35.5 Å². The van der Waals surface area contributed by atoms with Gasteiger partial charge in [-0.2, -0.15) is 5.21 Å². The summed E-state index contributed by atoms with van der Waals surface area (Å²) in [5.74, 6) is 0.690. The molecule has 3 heterocycles. The summed E-state index contributed by atoms with van der Waals surface area (Å²) in [4.78, 5) is 4.26. The van der Waals surface area contributed by atoms with Crippen LogP contribution >= 0.6 is 0 Å². The summed E-state index contributed by atoms with van der Waals surface area (Å²) in [7, 11) is 2.08. The Hall–Kier alpha value is -3.54. The van der Waals surface area contributed by atoms with Gasteiger partial charge >= 0.3 is 0 Å². The van der Waals surface area contributed by atoms with Crippen molar-refractivity contribution in [1.82, 2.24) is 30.2 Å². The Balaban J connectivity index is 1.69. The SMILES string of the molecule is Cn1c2ccc(-c3ccccc3Cc3nn[nH]n3)cc2c2ccncc21. The summed E-state index contributed by atoms with van der Waals surface area (Å²) >= 11 is 0. The van der Waals surface area contributed by atoms with Crippen LogP contribution in [0.4, 0.5) is 0 Å². The number of H-pyrrole nitrogens is 1. The Morgan fingerprint density at radius 3 is 2.81 bits per heavy atom. The summed E-state index contributed by atoms with van der Waals surface area (Å²) in [6.45, 7) is 0. The molecule has 0 saturated carbocycles. The third kappa shape index (κ3) is 2.27. The van der Waals surface area contributed by atoms with Crippen LogP contribution in [0.25, 0.3) is 32.9 Å². The molecular weight excluding hydrogens is 324 g/mol. The molecule has 26 heavy (non-hydrogen) atoms. The quantitative estimate of drug-likeness (QED) is 0.546. The largest absolute Gasteiger partial charge is 0.342 e. The summed E-state index contributed by atoms with van der Waals surface area (Å²) in [6, 6.07) is 17.0. The molecule has 0 radical (unpaired) electrons. The zero-order valence-corrected chi connectivity index (χ0v) is 14.2. The van der Waals surface area contributed by atoms with Gasteiger partial charge in [0.15, 0.2) is 5.82 Å². The minimum atomic E-state index is 0.643. The zero-order chi connectivity index (χ0) is 17.5. The lowest BCUT2D eigenvalue weighted by atomic mass is 9.96. The second kappa shape index (κ2) is 5.77. The van der Waals surface area contributed by atoms with E-state index in [0.717, 1.165) is 5.52 Å². The van der Waals surface area contributed by atoms with Crippen molar-refractivity contribution < 1.29 is 0 Å². The number of nitrogens with one attached hydrogen (secondary N) is 1. The van der Waals surface area contributed by atoms with Gasteiger partial charge in [0.2, 0.25) is 0 Å². The van der Waals surface area contributed by atoms with Crippen LogP contribution in [0.5, 0.6) is 0 Å². The van der Waals surface area contributed by atoms with E-state index in [9.17, 15) is 0 Å². The molecule has 6 heteroatoms. The first kappa shape index (κ1) is 14.8. The van der Waals surface area contributed by atoms with Crippen molar-refractivity contribution in [3.63, 3.8) is 0 Å². The number of nitrogens with zero attached hydrogens (tertiary/aromatic N) is 5. The molecule has 6 nitrogen and oxygen atoms in total. The first-order valence-electron chi connectivity index (χ1n) is 8.44. The van der Waals surface area contributed by atoms with E-state index in [4.69, 9.17) is 0 Å². The smallest absolute Gasteiger partial charge is 0.178 e. The standard InChI is InChI=1S/C20H16N6/c1-26-18-7-6-14(10-17(18)16-8-9-21-12-19(16)26)15-5-3-2-4-13(15)11-20-22-24-25-23-20/h2-10,12H,11H2,1H3,(H,22,23,24,25). The van der Waals surface area contributed by atoms with Gasteiger partial charge in [-0.25, -0.2) is 0 Å². The molecule has 0 saturated heterocycles.